The molecule has 1 amide bonds. The van der Waals surface area contributed by atoms with Crippen molar-refractivity contribution in [1.29, 1.82) is 0 Å². The van der Waals surface area contributed by atoms with Crippen LogP contribution in [0.4, 0.5) is 0 Å². The van der Waals surface area contributed by atoms with Gasteiger partial charge in [0.15, 0.2) is 4.32 Å². The SMILES string of the molecule is CCC(N=[N+]=[N-])[C@@H](O)[C@]1(Br)C(=O)N([C@@H](C)c2ccccc2)[C@H]1c1ccccc1. The van der Waals surface area contributed by atoms with Crippen LogP contribution < -0.4 is 0 Å². The molecule has 0 saturated carbocycles. The molecule has 0 aromatic heterocycles. The van der Waals surface area contributed by atoms with Gasteiger partial charge in [-0.3, -0.25) is 4.79 Å². The Balaban J connectivity index is 2.04. The van der Waals surface area contributed by atoms with Gasteiger partial charge >= 0.3 is 0 Å². The van der Waals surface area contributed by atoms with Gasteiger partial charge in [0.05, 0.1) is 24.2 Å². The quantitative estimate of drug-likeness (QED) is 0.217. The van der Waals surface area contributed by atoms with Crippen molar-refractivity contribution in [3.05, 3.63) is 82.2 Å². The number of halogens is 1. The van der Waals surface area contributed by atoms with Gasteiger partial charge in [-0.1, -0.05) is 88.6 Å². The monoisotopic (exact) mass is 442 g/mol. The molecule has 3 rings (SSSR count). The molecular weight excluding hydrogens is 420 g/mol. The highest BCUT2D eigenvalue weighted by Gasteiger charge is 2.65. The Morgan fingerprint density at radius 2 is 1.79 bits per heavy atom. The molecule has 1 N–H and O–H groups in total. The number of nitrogens with zero attached hydrogens (tertiary/aromatic N) is 4. The minimum atomic E-state index is -1.24. The van der Waals surface area contributed by atoms with Crippen molar-refractivity contribution in [2.24, 2.45) is 5.11 Å². The van der Waals surface area contributed by atoms with Crippen LogP contribution >= 0.6 is 15.9 Å². The number of azide groups is 1. The van der Waals surface area contributed by atoms with Crippen molar-refractivity contribution in [3.8, 4) is 0 Å². The Kier molecular flexibility index (Phi) is 6.08. The molecular formula is C21H23BrN4O2. The molecule has 1 aliphatic heterocycles. The molecule has 28 heavy (non-hydrogen) atoms. The molecule has 0 bridgehead atoms. The van der Waals surface area contributed by atoms with E-state index in [1.165, 1.54) is 0 Å². The number of benzene rings is 2. The second-order valence-corrected chi connectivity index (χ2v) is 8.32. The van der Waals surface area contributed by atoms with Crippen LogP contribution in [0, 0.1) is 0 Å². The zero-order valence-corrected chi connectivity index (χ0v) is 17.4. The highest BCUT2D eigenvalue weighted by molar-refractivity contribution is 9.10. The Bertz CT molecular complexity index is 872. The molecule has 2 aromatic carbocycles. The average molecular weight is 443 g/mol. The Labute approximate surface area is 172 Å². The standard InChI is InChI=1S/C21H23BrN4O2/c1-3-17(24-25-23)19(27)21(22)18(16-12-8-5-9-13-16)26(20(21)28)14(2)15-10-6-4-7-11-15/h4-14,17-19,27H,3H2,1-2H3/t14-,17?,18-,19+,21-/m0/s1. The lowest BCUT2D eigenvalue weighted by molar-refractivity contribution is -0.164. The minimum absolute atomic E-state index is 0.170. The first-order valence-corrected chi connectivity index (χ1v) is 10.1. The summed E-state index contributed by atoms with van der Waals surface area (Å²) < 4.78 is -1.24. The summed E-state index contributed by atoms with van der Waals surface area (Å²) in [5.74, 6) is -0.211. The van der Waals surface area contributed by atoms with Gasteiger partial charge in [0.1, 0.15) is 0 Å². The van der Waals surface area contributed by atoms with Gasteiger partial charge in [-0.2, -0.15) is 0 Å². The normalized spacial score (nSPS) is 24.6. The smallest absolute Gasteiger partial charge is 0.245 e. The summed E-state index contributed by atoms with van der Waals surface area (Å²) in [4.78, 5) is 18.0. The summed E-state index contributed by atoms with van der Waals surface area (Å²) >= 11 is 3.57. The zero-order valence-electron chi connectivity index (χ0n) is 15.8. The van der Waals surface area contributed by atoms with Crippen LogP contribution in [-0.2, 0) is 4.79 Å². The molecule has 5 atom stereocenters. The molecule has 1 unspecified atom stereocenters. The fraction of sp³-hybridized carbons (Fsp3) is 0.381. The number of β-lactam (4-membered cyclic amide) rings is 1. The number of alkyl halides is 1. The molecule has 1 aliphatic rings. The molecule has 1 saturated heterocycles. The van der Waals surface area contributed by atoms with E-state index in [1.807, 2.05) is 74.5 Å². The first-order valence-electron chi connectivity index (χ1n) is 9.30. The topological polar surface area (TPSA) is 89.3 Å². The number of carbonyl (C=O) groups is 1. The van der Waals surface area contributed by atoms with Gasteiger partial charge in [-0.05, 0) is 30.0 Å². The van der Waals surface area contributed by atoms with E-state index in [4.69, 9.17) is 5.53 Å². The summed E-state index contributed by atoms with van der Waals surface area (Å²) in [7, 11) is 0. The highest BCUT2D eigenvalue weighted by Crippen LogP contribution is 2.55. The molecule has 146 valence electrons. The number of hydrogen-bond donors (Lipinski definition) is 1. The summed E-state index contributed by atoms with van der Waals surface area (Å²) in [5, 5.41) is 14.7. The van der Waals surface area contributed by atoms with Crippen LogP contribution in [0.15, 0.2) is 65.8 Å². The van der Waals surface area contributed by atoms with Gasteiger partial charge in [0.25, 0.3) is 0 Å². The third-order valence-electron chi connectivity index (χ3n) is 5.47. The third kappa shape index (κ3) is 3.30. The number of aliphatic hydroxyl groups excluding tert-OH is 1. The molecule has 0 radical (unpaired) electrons. The van der Waals surface area contributed by atoms with Crippen molar-refractivity contribution in [1.82, 2.24) is 4.90 Å². The predicted molar refractivity (Wildman–Crippen MR) is 112 cm³/mol. The van der Waals surface area contributed by atoms with E-state index in [0.717, 1.165) is 11.1 Å². The van der Waals surface area contributed by atoms with Gasteiger partial charge in [-0.15, -0.1) is 0 Å². The maximum Gasteiger partial charge on any atom is 0.245 e. The molecule has 0 spiro atoms. The Morgan fingerprint density at radius 1 is 1.21 bits per heavy atom. The lowest BCUT2D eigenvalue weighted by atomic mass is 9.74. The maximum atomic E-state index is 13.3. The number of hydrogen-bond acceptors (Lipinski definition) is 3. The number of amides is 1. The van der Waals surface area contributed by atoms with Crippen molar-refractivity contribution < 1.29 is 9.90 Å². The summed E-state index contributed by atoms with van der Waals surface area (Å²) in [5.41, 5.74) is 10.8. The zero-order chi connectivity index (χ0) is 20.3. The fourth-order valence-electron chi connectivity index (χ4n) is 3.90. The fourth-order valence-corrected chi connectivity index (χ4v) is 4.90. The first-order chi connectivity index (χ1) is 13.5. The second-order valence-electron chi connectivity index (χ2n) is 7.01. The average Bonchev–Trinajstić information content (AvgIpc) is 2.75. The number of rotatable bonds is 7. The largest absolute Gasteiger partial charge is 0.391 e. The van der Waals surface area contributed by atoms with E-state index in [-0.39, 0.29) is 11.9 Å². The van der Waals surface area contributed by atoms with Crippen molar-refractivity contribution >= 4 is 21.8 Å². The summed E-state index contributed by atoms with van der Waals surface area (Å²) in [6, 6.07) is 18.2. The molecule has 1 heterocycles. The van der Waals surface area contributed by atoms with Crippen molar-refractivity contribution in [2.45, 2.75) is 48.8 Å². The maximum absolute atomic E-state index is 13.3. The van der Waals surface area contributed by atoms with Crippen molar-refractivity contribution in [2.75, 3.05) is 0 Å². The van der Waals surface area contributed by atoms with E-state index >= 15 is 0 Å². The lowest BCUT2D eigenvalue weighted by Crippen LogP contribution is -2.71. The van der Waals surface area contributed by atoms with E-state index < -0.39 is 22.5 Å². The van der Waals surface area contributed by atoms with Crippen LogP contribution in [0.3, 0.4) is 0 Å². The van der Waals surface area contributed by atoms with Crippen LogP contribution in [0.5, 0.6) is 0 Å². The van der Waals surface area contributed by atoms with Gasteiger partial charge < -0.3 is 10.0 Å². The number of aliphatic hydroxyl groups is 1. The van der Waals surface area contributed by atoms with Gasteiger partial charge in [-0.25, -0.2) is 0 Å². The van der Waals surface area contributed by atoms with E-state index in [1.54, 1.807) is 4.90 Å². The second kappa shape index (κ2) is 8.35. The molecule has 2 aromatic rings. The van der Waals surface area contributed by atoms with Crippen LogP contribution in [-0.4, -0.2) is 32.4 Å². The summed E-state index contributed by atoms with van der Waals surface area (Å²) in [6.07, 6.45) is -0.716. The van der Waals surface area contributed by atoms with Crippen LogP contribution in [0.1, 0.15) is 43.5 Å². The molecule has 0 aliphatic carbocycles. The predicted octanol–water partition coefficient (Wildman–Crippen LogP) is 4.91. The Hall–Kier alpha value is -2.34. The molecule has 6 nitrogen and oxygen atoms in total. The van der Waals surface area contributed by atoms with E-state index in [0.29, 0.717) is 6.42 Å². The third-order valence-corrected chi connectivity index (χ3v) is 6.71. The van der Waals surface area contributed by atoms with E-state index in [2.05, 4.69) is 26.0 Å². The first kappa shape index (κ1) is 20.4. The van der Waals surface area contributed by atoms with Crippen LogP contribution in [0.25, 0.3) is 10.4 Å². The van der Waals surface area contributed by atoms with Gasteiger partial charge in [0, 0.05) is 4.91 Å². The lowest BCUT2D eigenvalue weighted by Gasteiger charge is -2.58. The molecule has 1 fully saturated rings. The number of carbonyl (C=O) groups excluding carboxylic acids is 1. The van der Waals surface area contributed by atoms with Gasteiger partial charge in [0.2, 0.25) is 5.91 Å². The molecule has 7 heteroatoms. The highest BCUT2D eigenvalue weighted by atomic mass is 79.9. The Morgan fingerprint density at radius 3 is 2.32 bits per heavy atom. The number of likely N-dealkylation sites (tertiary alicyclic amines) is 1. The van der Waals surface area contributed by atoms with Crippen molar-refractivity contribution in [3.63, 3.8) is 0 Å². The minimum Gasteiger partial charge on any atom is -0.391 e. The summed E-state index contributed by atoms with van der Waals surface area (Å²) in [6.45, 7) is 3.80. The van der Waals surface area contributed by atoms with Crippen LogP contribution in [0.2, 0.25) is 0 Å². The van der Waals surface area contributed by atoms with E-state index in [9.17, 15) is 9.90 Å².